The number of hydrogen-bond acceptors (Lipinski definition) is 2. The van der Waals surface area contributed by atoms with Crippen molar-refractivity contribution in [1.29, 1.82) is 0 Å². The monoisotopic (exact) mass is 262 g/mol. The Hall–Kier alpha value is -2.23. The first-order valence-electron chi connectivity index (χ1n) is 5.78. The van der Waals surface area contributed by atoms with Crippen molar-refractivity contribution in [2.24, 2.45) is 0 Å². The molecule has 0 aromatic heterocycles. The van der Waals surface area contributed by atoms with Crippen LogP contribution in [0.3, 0.4) is 0 Å². The van der Waals surface area contributed by atoms with Crippen molar-refractivity contribution in [3.8, 4) is 5.75 Å². The summed E-state index contributed by atoms with van der Waals surface area (Å²) in [5, 5.41) is 0. The number of ether oxygens (including phenoxy) is 1. The van der Waals surface area contributed by atoms with Gasteiger partial charge in [-0.1, -0.05) is 24.3 Å². The van der Waals surface area contributed by atoms with Crippen LogP contribution in [0.1, 0.15) is 5.56 Å². The summed E-state index contributed by atoms with van der Waals surface area (Å²) in [4.78, 5) is 11.6. The molecule has 0 aliphatic carbocycles. The Kier molecular flexibility index (Phi) is 4.23. The summed E-state index contributed by atoms with van der Waals surface area (Å²) in [6, 6.07) is 12.0. The van der Waals surface area contributed by atoms with Crippen molar-refractivity contribution >= 4 is 5.78 Å². The molecule has 2 aromatic rings. The minimum Gasteiger partial charge on any atom is -0.486 e. The van der Waals surface area contributed by atoms with E-state index in [9.17, 15) is 13.6 Å². The largest absolute Gasteiger partial charge is 0.486 e. The van der Waals surface area contributed by atoms with Crippen molar-refractivity contribution in [1.82, 2.24) is 0 Å². The summed E-state index contributed by atoms with van der Waals surface area (Å²) in [7, 11) is 0. The summed E-state index contributed by atoms with van der Waals surface area (Å²) >= 11 is 0. The zero-order chi connectivity index (χ0) is 13.7. The minimum absolute atomic E-state index is 0.112. The van der Waals surface area contributed by atoms with Gasteiger partial charge in [0.1, 0.15) is 24.0 Å². The van der Waals surface area contributed by atoms with E-state index >= 15 is 0 Å². The van der Waals surface area contributed by atoms with Gasteiger partial charge < -0.3 is 4.74 Å². The quantitative estimate of drug-likeness (QED) is 0.827. The lowest BCUT2D eigenvalue weighted by atomic mass is 10.1. The molecule has 0 bridgehead atoms. The SMILES string of the molecule is O=C(COc1ccccc1)Cc1ccc(F)cc1F. The molecule has 0 radical (unpaired) electrons. The molecule has 4 heteroatoms. The molecule has 0 N–H and O–H groups in total. The van der Waals surface area contributed by atoms with Crippen LogP contribution >= 0.6 is 0 Å². The fourth-order valence-electron chi connectivity index (χ4n) is 1.61. The Morgan fingerprint density at radius 3 is 2.47 bits per heavy atom. The summed E-state index contributed by atoms with van der Waals surface area (Å²) < 4.78 is 31.3. The molecule has 0 spiro atoms. The molecule has 0 atom stereocenters. The molecule has 0 aliphatic rings. The standard InChI is InChI=1S/C15H12F2O2/c16-12-7-6-11(15(17)9-12)8-13(18)10-19-14-4-2-1-3-5-14/h1-7,9H,8,10H2. The predicted molar refractivity (Wildman–Crippen MR) is 67.0 cm³/mol. The van der Waals surface area contributed by atoms with E-state index < -0.39 is 11.6 Å². The molecule has 98 valence electrons. The van der Waals surface area contributed by atoms with E-state index in [1.54, 1.807) is 24.3 Å². The number of hydrogen-bond donors (Lipinski definition) is 0. The van der Waals surface area contributed by atoms with Gasteiger partial charge >= 0.3 is 0 Å². The first-order valence-corrected chi connectivity index (χ1v) is 5.78. The first kappa shape index (κ1) is 13.2. The van der Waals surface area contributed by atoms with Gasteiger partial charge in [0.2, 0.25) is 0 Å². The van der Waals surface area contributed by atoms with Crippen molar-refractivity contribution in [3.05, 3.63) is 65.7 Å². The third kappa shape index (κ3) is 3.88. The number of rotatable bonds is 5. The van der Waals surface area contributed by atoms with Crippen LogP contribution < -0.4 is 4.74 Å². The van der Waals surface area contributed by atoms with Crippen LogP contribution in [0.5, 0.6) is 5.75 Å². The second kappa shape index (κ2) is 6.09. The number of benzene rings is 2. The van der Waals surface area contributed by atoms with Gasteiger partial charge in [0, 0.05) is 12.5 Å². The van der Waals surface area contributed by atoms with Crippen molar-refractivity contribution in [2.45, 2.75) is 6.42 Å². The fraction of sp³-hybridized carbons (Fsp3) is 0.133. The average molecular weight is 262 g/mol. The Bertz CT molecular complexity index is 568. The molecular formula is C15H12F2O2. The second-order valence-electron chi connectivity index (χ2n) is 4.05. The zero-order valence-corrected chi connectivity index (χ0v) is 10.1. The van der Waals surface area contributed by atoms with Gasteiger partial charge in [0.25, 0.3) is 0 Å². The highest BCUT2D eigenvalue weighted by Crippen LogP contribution is 2.12. The van der Waals surface area contributed by atoms with E-state index in [2.05, 4.69) is 0 Å². The number of Topliss-reactive ketones (excluding diaryl/α,β-unsaturated/α-hetero) is 1. The second-order valence-corrected chi connectivity index (χ2v) is 4.05. The summed E-state index contributed by atoms with van der Waals surface area (Å²) in [5.74, 6) is -1.06. The third-order valence-corrected chi connectivity index (χ3v) is 2.55. The van der Waals surface area contributed by atoms with E-state index in [0.717, 1.165) is 12.1 Å². The molecule has 0 saturated carbocycles. The molecular weight excluding hydrogens is 250 g/mol. The van der Waals surface area contributed by atoms with Gasteiger partial charge in [0.15, 0.2) is 5.78 Å². The molecule has 0 heterocycles. The molecule has 2 nitrogen and oxygen atoms in total. The molecule has 0 unspecified atom stereocenters. The smallest absolute Gasteiger partial charge is 0.174 e. The molecule has 0 fully saturated rings. The van der Waals surface area contributed by atoms with E-state index in [1.165, 1.54) is 6.07 Å². The van der Waals surface area contributed by atoms with Crippen LogP contribution in [0.25, 0.3) is 0 Å². The highest BCUT2D eigenvalue weighted by Gasteiger charge is 2.10. The van der Waals surface area contributed by atoms with E-state index in [4.69, 9.17) is 4.74 Å². The number of carbonyl (C=O) groups is 1. The Morgan fingerprint density at radius 2 is 1.79 bits per heavy atom. The van der Waals surface area contributed by atoms with Gasteiger partial charge in [-0.15, -0.1) is 0 Å². The number of halogens is 2. The molecule has 0 saturated heterocycles. The molecule has 0 aliphatic heterocycles. The number of carbonyl (C=O) groups excluding carboxylic acids is 1. The molecule has 2 aromatic carbocycles. The fourth-order valence-corrected chi connectivity index (χ4v) is 1.61. The van der Waals surface area contributed by atoms with Crippen molar-refractivity contribution in [2.75, 3.05) is 6.61 Å². The average Bonchev–Trinajstić information content (AvgIpc) is 2.41. The van der Waals surface area contributed by atoms with E-state index in [-0.39, 0.29) is 24.4 Å². The van der Waals surface area contributed by atoms with E-state index in [1.807, 2.05) is 6.07 Å². The third-order valence-electron chi connectivity index (χ3n) is 2.55. The lowest BCUT2D eigenvalue weighted by Gasteiger charge is -2.06. The Morgan fingerprint density at radius 1 is 1.05 bits per heavy atom. The summed E-state index contributed by atoms with van der Waals surface area (Å²) in [5.41, 5.74) is 0.170. The Balaban J connectivity index is 1.91. The maximum Gasteiger partial charge on any atom is 0.174 e. The topological polar surface area (TPSA) is 26.3 Å². The highest BCUT2D eigenvalue weighted by molar-refractivity contribution is 5.82. The molecule has 0 amide bonds. The molecule has 2 rings (SSSR count). The zero-order valence-electron chi connectivity index (χ0n) is 10.1. The van der Waals surface area contributed by atoms with Crippen LogP contribution in [0.4, 0.5) is 8.78 Å². The maximum atomic E-state index is 13.3. The van der Waals surface area contributed by atoms with Gasteiger partial charge in [-0.2, -0.15) is 0 Å². The first-order chi connectivity index (χ1) is 9.15. The highest BCUT2D eigenvalue weighted by atomic mass is 19.1. The lowest BCUT2D eigenvalue weighted by Crippen LogP contribution is -2.14. The lowest BCUT2D eigenvalue weighted by molar-refractivity contribution is -0.120. The van der Waals surface area contributed by atoms with Gasteiger partial charge in [-0.25, -0.2) is 8.78 Å². The number of para-hydroxylation sites is 1. The minimum atomic E-state index is -0.715. The summed E-state index contributed by atoms with van der Waals surface area (Å²) in [6.07, 6.45) is -0.112. The van der Waals surface area contributed by atoms with Gasteiger partial charge in [0.05, 0.1) is 0 Å². The van der Waals surface area contributed by atoms with Crippen molar-refractivity contribution < 1.29 is 18.3 Å². The normalized spacial score (nSPS) is 10.2. The van der Waals surface area contributed by atoms with Gasteiger partial charge in [-0.05, 0) is 23.8 Å². The van der Waals surface area contributed by atoms with E-state index in [0.29, 0.717) is 5.75 Å². The van der Waals surface area contributed by atoms with Gasteiger partial charge in [-0.3, -0.25) is 4.79 Å². The van der Waals surface area contributed by atoms with Crippen LogP contribution in [0.15, 0.2) is 48.5 Å². The molecule has 19 heavy (non-hydrogen) atoms. The van der Waals surface area contributed by atoms with Crippen LogP contribution in [-0.2, 0) is 11.2 Å². The summed E-state index contributed by atoms with van der Waals surface area (Å²) in [6.45, 7) is -0.138. The van der Waals surface area contributed by atoms with Crippen LogP contribution in [-0.4, -0.2) is 12.4 Å². The van der Waals surface area contributed by atoms with Crippen molar-refractivity contribution in [3.63, 3.8) is 0 Å². The van der Waals surface area contributed by atoms with Crippen LogP contribution in [0.2, 0.25) is 0 Å². The maximum absolute atomic E-state index is 13.3. The predicted octanol–water partition coefficient (Wildman–Crippen LogP) is 3.16. The number of ketones is 1. The Labute approximate surface area is 109 Å². The van der Waals surface area contributed by atoms with Crippen LogP contribution in [0, 0.1) is 11.6 Å².